The molecule has 1 aliphatic rings. The van der Waals surface area contributed by atoms with Gasteiger partial charge in [0.2, 0.25) is 5.23 Å². The first-order valence-electron chi connectivity index (χ1n) is 5.49. The van der Waals surface area contributed by atoms with Gasteiger partial charge < -0.3 is 4.74 Å². The lowest BCUT2D eigenvalue weighted by molar-refractivity contribution is 0.326. The number of nitrogens with zero attached hydrogens (tertiary/aromatic N) is 1. The first-order valence-corrected chi connectivity index (χ1v) is 7.60. The minimum atomic E-state index is 0.166. The van der Waals surface area contributed by atoms with Crippen LogP contribution >= 0.6 is 27.7 Å². The lowest BCUT2D eigenvalue weighted by atomic mass is 10.1. The summed E-state index contributed by atoms with van der Waals surface area (Å²) in [6.45, 7) is 0.661. The Bertz CT molecular complexity index is 405. The van der Waals surface area contributed by atoms with E-state index in [1.165, 1.54) is 5.56 Å². The number of alkyl halides is 1. The van der Waals surface area contributed by atoms with Gasteiger partial charge in [-0.3, -0.25) is 0 Å². The maximum absolute atomic E-state index is 5.57. The summed E-state index contributed by atoms with van der Waals surface area (Å²) in [5.41, 5.74) is 1.22. The fourth-order valence-electron chi connectivity index (χ4n) is 1.53. The van der Waals surface area contributed by atoms with Gasteiger partial charge >= 0.3 is 0 Å². The molecule has 4 heteroatoms. The molecule has 0 aliphatic carbocycles. The third-order valence-corrected chi connectivity index (χ3v) is 3.57. The molecule has 0 bridgehead atoms. The minimum Gasteiger partial charge on any atom is -0.470 e. The van der Waals surface area contributed by atoms with Crippen molar-refractivity contribution in [2.75, 3.05) is 17.7 Å². The van der Waals surface area contributed by atoms with Gasteiger partial charge in [-0.1, -0.05) is 70.2 Å². The van der Waals surface area contributed by atoms with E-state index in [1.807, 2.05) is 18.2 Å². The van der Waals surface area contributed by atoms with E-state index in [2.05, 4.69) is 45.2 Å². The molecule has 0 saturated heterocycles. The van der Waals surface area contributed by atoms with E-state index in [1.54, 1.807) is 11.8 Å². The van der Waals surface area contributed by atoms with Crippen molar-refractivity contribution in [3.05, 3.63) is 48.0 Å². The number of halogens is 1. The third-order valence-electron chi connectivity index (χ3n) is 2.37. The molecule has 1 aromatic rings. The van der Waals surface area contributed by atoms with Gasteiger partial charge in [-0.2, -0.15) is 0 Å². The molecule has 2 rings (SSSR count). The Morgan fingerprint density at radius 1 is 1.35 bits per heavy atom. The monoisotopic (exact) mass is 311 g/mol. The van der Waals surface area contributed by atoms with Gasteiger partial charge in [-0.15, -0.1) is 0 Å². The first kappa shape index (κ1) is 12.7. The van der Waals surface area contributed by atoms with Crippen molar-refractivity contribution in [2.24, 2.45) is 4.99 Å². The van der Waals surface area contributed by atoms with Gasteiger partial charge in [0.1, 0.15) is 12.6 Å². The molecule has 0 radical (unpaired) electrons. The molecule has 0 fully saturated rings. The summed E-state index contributed by atoms with van der Waals surface area (Å²) in [4.78, 5) is 4.57. The number of benzene rings is 1. The highest BCUT2D eigenvalue weighted by molar-refractivity contribution is 9.09. The van der Waals surface area contributed by atoms with Crippen LogP contribution in [0.15, 0.2) is 47.5 Å². The molecule has 0 aromatic heterocycles. The van der Waals surface area contributed by atoms with Crippen molar-refractivity contribution in [3.63, 3.8) is 0 Å². The van der Waals surface area contributed by atoms with Crippen LogP contribution in [0.1, 0.15) is 11.6 Å². The fraction of sp³-hybridized carbons (Fsp3) is 0.308. The van der Waals surface area contributed by atoms with E-state index in [0.717, 1.165) is 16.3 Å². The summed E-state index contributed by atoms with van der Waals surface area (Å²) in [5, 5.41) is 1.70. The second-order valence-corrected chi connectivity index (χ2v) is 5.19. The Kier molecular flexibility index (Phi) is 5.13. The summed E-state index contributed by atoms with van der Waals surface area (Å²) in [5.74, 6) is 0.909. The van der Waals surface area contributed by atoms with Crippen molar-refractivity contribution >= 4 is 32.9 Å². The zero-order chi connectivity index (χ0) is 11.9. The Balaban J connectivity index is 1.88. The zero-order valence-corrected chi connectivity index (χ0v) is 11.8. The van der Waals surface area contributed by atoms with E-state index in [0.29, 0.717) is 6.61 Å². The van der Waals surface area contributed by atoms with Crippen molar-refractivity contribution in [2.45, 2.75) is 6.04 Å². The molecule has 1 atom stereocenters. The molecule has 0 N–H and O–H groups in total. The normalized spacial score (nSPS) is 19.4. The molecule has 1 aliphatic heterocycles. The molecule has 1 heterocycles. The lowest BCUT2D eigenvalue weighted by Gasteiger charge is -2.03. The van der Waals surface area contributed by atoms with E-state index in [4.69, 9.17) is 4.74 Å². The van der Waals surface area contributed by atoms with Crippen LogP contribution in [0.25, 0.3) is 0 Å². The quantitative estimate of drug-likeness (QED) is 0.623. The maximum Gasteiger partial charge on any atom is 0.246 e. The topological polar surface area (TPSA) is 21.6 Å². The van der Waals surface area contributed by atoms with Crippen LogP contribution in [0.5, 0.6) is 0 Å². The summed E-state index contributed by atoms with van der Waals surface area (Å²) in [6, 6.07) is 10.4. The number of aliphatic imine (C=N–C) groups is 1. The van der Waals surface area contributed by atoms with E-state index >= 15 is 0 Å². The highest BCUT2D eigenvalue weighted by Gasteiger charge is 2.19. The Hall–Kier alpha value is -0.740. The van der Waals surface area contributed by atoms with Gasteiger partial charge in [0.15, 0.2) is 0 Å². The molecule has 2 nitrogen and oxygen atoms in total. The number of rotatable bonds is 4. The van der Waals surface area contributed by atoms with E-state index < -0.39 is 0 Å². The average molecular weight is 312 g/mol. The summed E-state index contributed by atoms with van der Waals surface area (Å²) in [7, 11) is 0. The van der Waals surface area contributed by atoms with Crippen molar-refractivity contribution in [1.29, 1.82) is 0 Å². The van der Waals surface area contributed by atoms with Gasteiger partial charge in [-0.05, 0) is 5.56 Å². The SMILES string of the molecule is BrC/C=C/CSC1=N[C@H](c2ccccc2)CO1. The Labute approximate surface area is 114 Å². The number of thioether (sulfide) groups is 1. The standard InChI is InChI=1S/C13H14BrNOS/c14-8-4-5-9-17-13-15-12(10-16-13)11-6-2-1-3-7-11/h1-7,12H,8-10H2/b5-4+/t12-/m0/s1. The first-order chi connectivity index (χ1) is 8.40. The number of hydrogen-bond acceptors (Lipinski definition) is 3. The van der Waals surface area contributed by atoms with Crippen LogP contribution in [-0.4, -0.2) is 22.9 Å². The zero-order valence-electron chi connectivity index (χ0n) is 9.38. The molecule has 0 spiro atoms. The summed E-state index contributed by atoms with van der Waals surface area (Å²) in [6.07, 6.45) is 4.19. The van der Waals surface area contributed by atoms with Crippen molar-refractivity contribution in [3.8, 4) is 0 Å². The predicted molar refractivity (Wildman–Crippen MR) is 78.0 cm³/mol. The second-order valence-electron chi connectivity index (χ2n) is 3.57. The summed E-state index contributed by atoms with van der Waals surface area (Å²) >= 11 is 4.99. The van der Waals surface area contributed by atoms with Crippen LogP contribution in [0.4, 0.5) is 0 Å². The van der Waals surface area contributed by atoms with Crippen LogP contribution < -0.4 is 0 Å². The molecule has 17 heavy (non-hydrogen) atoms. The summed E-state index contributed by atoms with van der Waals surface area (Å²) < 4.78 is 5.57. The lowest BCUT2D eigenvalue weighted by Crippen LogP contribution is -1.97. The van der Waals surface area contributed by atoms with Crippen LogP contribution in [0, 0.1) is 0 Å². The van der Waals surface area contributed by atoms with Gasteiger partial charge in [0, 0.05) is 11.1 Å². The largest absolute Gasteiger partial charge is 0.470 e. The smallest absolute Gasteiger partial charge is 0.246 e. The third kappa shape index (κ3) is 3.89. The van der Waals surface area contributed by atoms with Crippen LogP contribution in [-0.2, 0) is 4.74 Å². The van der Waals surface area contributed by atoms with Crippen molar-refractivity contribution in [1.82, 2.24) is 0 Å². The van der Waals surface area contributed by atoms with E-state index in [9.17, 15) is 0 Å². The second kappa shape index (κ2) is 6.87. The molecule has 0 amide bonds. The predicted octanol–water partition coefficient (Wildman–Crippen LogP) is 3.80. The molecule has 90 valence electrons. The Morgan fingerprint density at radius 3 is 2.94 bits per heavy atom. The molecular formula is C13H14BrNOS. The average Bonchev–Trinajstić information content (AvgIpc) is 2.85. The molecule has 1 aromatic carbocycles. The molecule has 0 saturated carbocycles. The van der Waals surface area contributed by atoms with Gasteiger partial charge in [0.05, 0.1) is 0 Å². The highest BCUT2D eigenvalue weighted by Crippen LogP contribution is 2.26. The van der Waals surface area contributed by atoms with Crippen molar-refractivity contribution < 1.29 is 4.74 Å². The molecule has 0 unspecified atom stereocenters. The van der Waals surface area contributed by atoms with Gasteiger partial charge in [-0.25, -0.2) is 4.99 Å². The fourth-order valence-corrected chi connectivity index (χ4v) is 2.52. The van der Waals surface area contributed by atoms with Crippen LogP contribution in [0.3, 0.4) is 0 Å². The Morgan fingerprint density at radius 2 is 2.18 bits per heavy atom. The molecular weight excluding hydrogens is 298 g/mol. The number of hydrogen-bond donors (Lipinski definition) is 0. The van der Waals surface area contributed by atoms with E-state index in [-0.39, 0.29) is 6.04 Å². The number of ether oxygens (including phenoxy) is 1. The van der Waals surface area contributed by atoms with Crippen LogP contribution in [0.2, 0.25) is 0 Å². The minimum absolute atomic E-state index is 0.166. The van der Waals surface area contributed by atoms with Gasteiger partial charge in [0.25, 0.3) is 0 Å². The maximum atomic E-state index is 5.57. The number of allylic oxidation sites excluding steroid dienone is 1. The highest BCUT2D eigenvalue weighted by atomic mass is 79.9.